The predicted octanol–water partition coefficient (Wildman–Crippen LogP) is 6.83. The van der Waals surface area contributed by atoms with Gasteiger partial charge in [0.05, 0.1) is 14.2 Å². The van der Waals surface area contributed by atoms with Gasteiger partial charge in [0, 0.05) is 15.8 Å². The van der Waals surface area contributed by atoms with Crippen LogP contribution in [0.4, 0.5) is 0 Å². The lowest BCUT2D eigenvalue weighted by atomic mass is 9.96. The molecule has 142 valence electrons. The van der Waals surface area contributed by atoms with Crippen LogP contribution >= 0.6 is 11.6 Å². The summed E-state index contributed by atoms with van der Waals surface area (Å²) in [5.41, 5.74) is 7.20. The van der Waals surface area contributed by atoms with Crippen molar-refractivity contribution in [3.63, 3.8) is 0 Å². The molecule has 3 heteroatoms. The van der Waals surface area contributed by atoms with Gasteiger partial charge in [-0.2, -0.15) is 0 Å². The lowest BCUT2D eigenvalue weighted by molar-refractivity contribution is 0.410. The van der Waals surface area contributed by atoms with Crippen LogP contribution in [0.25, 0.3) is 21.9 Å². The molecule has 0 amide bonds. The van der Waals surface area contributed by atoms with Crippen molar-refractivity contribution in [2.45, 2.75) is 0 Å². The molecule has 4 aromatic carbocycles. The van der Waals surface area contributed by atoms with Crippen molar-refractivity contribution in [3.05, 3.63) is 106 Å². The second-order valence-corrected chi connectivity index (χ2v) is 7.48. The van der Waals surface area contributed by atoms with Crippen LogP contribution in [0.5, 0.6) is 11.5 Å². The van der Waals surface area contributed by atoms with Crippen molar-refractivity contribution in [1.29, 1.82) is 0 Å². The minimum atomic E-state index is 0.731. The first-order valence-electron chi connectivity index (χ1n) is 9.46. The first-order valence-corrected chi connectivity index (χ1v) is 9.84. The fourth-order valence-corrected chi connectivity index (χ4v) is 4.22. The minimum absolute atomic E-state index is 0.731. The van der Waals surface area contributed by atoms with Gasteiger partial charge in [0.2, 0.25) is 0 Å². The number of methoxy groups -OCH3 is 2. The van der Waals surface area contributed by atoms with Gasteiger partial charge in [0.1, 0.15) is 11.5 Å². The molecule has 0 atom stereocenters. The topological polar surface area (TPSA) is 18.5 Å². The van der Waals surface area contributed by atoms with Crippen LogP contribution in [-0.2, 0) is 0 Å². The number of benzene rings is 4. The van der Waals surface area contributed by atoms with Crippen LogP contribution in [-0.4, -0.2) is 14.2 Å². The largest absolute Gasteiger partial charge is 0.496 e. The van der Waals surface area contributed by atoms with E-state index in [4.69, 9.17) is 21.1 Å². The Morgan fingerprint density at radius 3 is 1.79 bits per heavy atom. The van der Waals surface area contributed by atoms with Crippen LogP contribution in [0.2, 0.25) is 5.02 Å². The lowest BCUT2D eigenvalue weighted by Gasteiger charge is -2.08. The molecule has 29 heavy (non-hydrogen) atoms. The molecule has 0 N–H and O–H groups in total. The number of hydrogen-bond donors (Lipinski definition) is 0. The van der Waals surface area contributed by atoms with Gasteiger partial charge in [-0.25, -0.2) is 0 Å². The average molecular weight is 399 g/mol. The van der Waals surface area contributed by atoms with Gasteiger partial charge >= 0.3 is 0 Å². The molecule has 1 aliphatic rings. The molecular weight excluding hydrogens is 380 g/mol. The van der Waals surface area contributed by atoms with Crippen molar-refractivity contribution in [3.8, 4) is 11.5 Å². The molecule has 0 aromatic heterocycles. The van der Waals surface area contributed by atoms with Crippen LogP contribution in [0, 0.1) is 0 Å². The molecule has 2 nitrogen and oxygen atoms in total. The van der Waals surface area contributed by atoms with Crippen LogP contribution < -0.4 is 9.47 Å². The molecule has 0 spiro atoms. The molecule has 0 heterocycles. The normalized spacial score (nSPS) is 11.9. The summed E-state index contributed by atoms with van der Waals surface area (Å²) in [6.07, 6.45) is 0. The molecule has 5 rings (SSSR count). The van der Waals surface area contributed by atoms with Gasteiger partial charge in [0.25, 0.3) is 0 Å². The monoisotopic (exact) mass is 398 g/mol. The maximum Gasteiger partial charge on any atom is 0.126 e. The Morgan fingerprint density at radius 1 is 0.655 bits per heavy atom. The highest BCUT2D eigenvalue weighted by atomic mass is 35.5. The number of halogens is 1. The number of ether oxygens (including phenoxy) is 2. The summed E-state index contributed by atoms with van der Waals surface area (Å²) in [7, 11) is 3.40. The van der Waals surface area contributed by atoms with Gasteiger partial charge < -0.3 is 9.47 Å². The summed E-state index contributed by atoms with van der Waals surface area (Å²) in [5.74, 6) is 1.69. The zero-order chi connectivity index (χ0) is 20.0. The standard InChI is InChI=1S/C26H19ClO2/c1-28-23-11-12-24(29-2)20-15-22-21(14-19(20)23)26(22)25(16-7-4-3-5-8-16)17-9-6-10-18(27)13-17/h3-15H,1-2H3. The van der Waals surface area contributed by atoms with E-state index in [-0.39, 0.29) is 0 Å². The highest BCUT2D eigenvalue weighted by molar-refractivity contribution is 6.31. The molecule has 0 aliphatic heterocycles. The van der Waals surface area contributed by atoms with Gasteiger partial charge in [-0.3, -0.25) is 0 Å². The van der Waals surface area contributed by atoms with Gasteiger partial charge in [0.15, 0.2) is 0 Å². The molecule has 0 saturated carbocycles. The average Bonchev–Trinajstić information content (AvgIpc) is 3.45. The van der Waals surface area contributed by atoms with E-state index in [9.17, 15) is 0 Å². The van der Waals surface area contributed by atoms with E-state index in [0.717, 1.165) is 32.9 Å². The summed E-state index contributed by atoms with van der Waals surface area (Å²) in [4.78, 5) is 0. The number of hydrogen-bond acceptors (Lipinski definition) is 2. The quantitative estimate of drug-likeness (QED) is 0.330. The van der Waals surface area contributed by atoms with Crippen molar-refractivity contribution in [2.75, 3.05) is 14.2 Å². The third kappa shape index (κ3) is 2.97. The highest BCUT2D eigenvalue weighted by Gasteiger charge is 2.31. The zero-order valence-corrected chi connectivity index (χ0v) is 17.0. The molecular formula is C26H19ClO2. The van der Waals surface area contributed by atoms with E-state index >= 15 is 0 Å². The molecule has 1 aliphatic carbocycles. The first-order chi connectivity index (χ1) is 14.2. The van der Waals surface area contributed by atoms with Crippen LogP contribution in [0.15, 0.2) is 78.9 Å². The Labute approximate surface area is 175 Å². The summed E-state index contributed by atoms with van der Waals surface area (Å²) in [6.45, 7) is 0. The lowest BCUT2D eigenvalue weighted by Crippen LogP contribution is -1.88. The number of fused-ring (bicyclic) bond motifs is 2. The Balaban J connectivity index is 1.79. The van der Waals surface area contributed by atoms with Crippen molar-refractivity contribution >= 4 is 33.5 Å². The third-order valence-corrected chi connectivity index (χ3v) is 5.65. The highest BCUT2D eigenvalue weighted by Crippen LogP contribution is 2.52. The zero-order valence-electron chi connectivity index (χ0n) is 16.2. The molecule has 0 saturated heterocycles. The third-order valence-electron chi connectivity index (χ3n) is 5.42. The summed E-state index contributed by atoms with van der Waals surface area (Å²) in [6, 6.07) is 26.8. The second-order valence-electron chi connectivity index (χ2n) is 7.04. The van der Waals surface area contributed by atoms with Gasteiger partial charge in [-0.05, 0) is 69.8 Å². The maximum atomic E-state index is 6.32. The minimum Gasteiger partial charge on any atom is -0.496 e. The predicted molar refractivity (Wildman–Crippen MR) is 120 cm³/mol. The maximum absolute atomic E-state index is 6.32. The fraction of sp³-hybridized carbons (Fsp3) is 0.0769. The second kappa shape index (κ2) is 6.98. The van der Waals surface area contributed by atoms with E-state index in [0.29, 0.717) is 0 Å². The first kappa shape index (κ1) is 17.8. The van der Waals surface area contributed by atoms with Crippen LogP contribution in [0.3, 0.4) is 0 Å². The number of rotatable bonds is 4. The Kier molecular flexibility index (Phi) is 4.30. The van der Waals surface area contributed by atoms with Gasteiger partial charge in [-0.15, -0.1) is 0 Å². The van der Waals surface area contributed by atoms with Crippen LogP contribution in [0.1, 0.15) is 22.3 Å². The van der Waals surface area contributed by atoms with Crippen molar-refractivity contribution in [2.24, 2.45) is 0 Å². The summed E-state index contributed by atoms with van der Waals surface area (Å²) >= 11 is 6.32. The Hall–Kier alpha value is -3.23. The van der Waals surface area contributed by atoms with E-state index < -0.39 is 0 Å². The summed E-state index contributed by atoms with van der Waals surface area (Å²) < 4.78 is 11.2. The molecule has 0 bridgehead atoms. The van der Waals surface area contributed by atoms with E-state index in [2.05, 4.69) is 42.5 Å². The van der Waals surface area contributed by atoms with E-state index in [1.54, 1.807) is 14.2 Å². The Morgan fingerprint density at radius 2 is 1.24 bits per heavy atom. The molecule has 0 unspecified atom stereocenters. The van der Waals surface area contributed by atoms with Crippen molar-refractivity contribution < 1.29 is 9.47 Å². The SMILES string of the molecule is COc1ccc(OC)c2cc3c(cc12)C3=C(c1ccccc1)c1cccc(Cl)c1. The summed E-state index contributed by atoms with van der Waals surface area (Å²) in [5, 5.41) is 2.84. The Bertz CT molecular complexity index is 1220. The smallest absolute Gasteiger partial charge is 0.126 e. The van der Waals surface area contributed by atoms with Gasteiger partial charge in [-0.1, -0.05) is 54.1 Å². The van der Waals surface area contributed by atoms with E-state index in [1.807, 2.05) is 36.4 Å². The molecule has 0 radical (unpaired) electrons. The van der Waals surface area contributed by atoms with Crippen molar-refractivity contribution in [1.82, 2.24) is 0 Å². The molecule has 4 aromatic rings. The fourth-order valence-electron chi connectivity index (χ4n) is 4.03. The molecule has 0 fully saturated rings. The van der Waals surface area contributed by atoms with E-state index in [1.165, 1.54) is 27.8 Å².